The Bertz CT molecular complexity index is 1290. The molecule has 186 valence electrons. The number of carbonyl (C=O) groups excluding carboxylic acids is 2. The van der Waals surface area contributed by atoms with E-state index < -0.39 is 11.7 Å². The van der Waals surface area contributed by atoms with E-state index in [0.29, 0.717) is 49.7 Å². The van der Waals surface area contributed by atoms with Gasteiger partial charge >= 0.3 is 6.18 Å². The van der Waals surface area contributed by atoms with Gasteiger partial charge in [0, 0.05) is 42.3 Å². The Kier molecular flexibility index (Phi) is 6.66. The lowest BCUT2D eigenvalue weighted by molar-refractivity contribution is -0.137. The molecule has 0 bridgehead atoms. The lowest BCUT2D eigenvalue weighted by atomic mass is 10.1. The van der Waals surface area contributed by atoms with Crippen LogP contribution in [-0.4, -0.2) is 48.6 Å². The summed E-state index contributed by atoms with van der Waals surface area (Å²) in [6.45, 7) is 2.09. The van der Waals surface area contributed by atoms with Gasteiger partial charge in [0.15, 0.2) is 0 Å². The zero-order valence-electron chi connectivity index (χ0n) is 19.4. The molecule has 1 fully saturated rings. The summed E-state index contributed by atoms with van der Waals surface area (Å²) in [5.74, 6) is 0.286. The molecule has 0 aromatic heterocycles. The molecule has 5 rings (SSSR count). The first-order chi connectivity index (χ1) is 17.3. The van der Waals surface area contributed by atoms with Gasteiger partial charge in [-0.05, 0) is 48.0 Å². The Morgan fingerprint density at radius 3 is 2.42 bits per heavy atom. The van der Waals surface area contributed by atoms with Crippen LogP contribution in [0, 0.1) is 0 Å². The van der Waals surface area contributed by atoms with Crippen LogP contribution in [0.5, 0.6) is 0 Å². The molecule has 1 saturated heterocycles. The van der Waals surface area contributed by atoms with E-state index in [1.807, 2.05) is 47.4 Å². The van der Waals surface area contributed by atoms with Gasteiger partial charge in [0.1, 0.15) is 0 Å². The van der Waals surface area contributed by atoms with Crippen LogP contribution in [-0.2, 0) is 17.5 Å². The Morgan fingerprint density at radius 2 is 1.64 bits per heavy atom. The van der Waals surface area contributed by atoms with Crippen molar-refractivity contribution in [2.24, 2.45) is 0 Å². The summed E-state index contributed by atoms with van der Waals surface area (Å²) in [6, 6.07) is 20.4. The summed E-state index contributed by atoms with van der Waals surface area (Å²) in [6.07, 6.45) is -4.39. The lowest BCUT2D eigenvalue weighted by Gasteiger charge is -2.36. The molecule has 3 aromatic carbocycles. The molecule has 0 spiro atoms. The van der Waals surface area contributed by atoms with Crippen molar-refractivity contribution in [1.29, 1.82) is 0 Å². The van der Waals surface area contributed by atoms with E-state index in [1.54, 1.807) is 21.9 Å². The minimum Gasteiger partial charge on any atom is -0.368 e. The van der Waals surface area contributed by atoms with Crippen LogP contribution in [0.4, 0.5) is 24.5 Å². The summed E-state index contributed by atoms with van der Waals surface area (Å²) in [4.78, 5) is 32.2. The third kappa shape index (κ3) is 5.06. The van der Waals surface area contributed by atoms with Crippen molar-refractivity contribution in [2.45, 2.75) is 17.6 Å². The second-order valence-electron chi connectivity index (χ2n) is 8.76. The topological polar surface area (TPSA) is 43.9 Å². The molecule has 2 aliphatic rings. The molecule has 36 heavy (non-hydrogen) atoms. The summed E-state index contributed by atoms with van der Waals surface area (Å²) >= 11 is 1.53. The predicted octanol–water partition coefficient (Wildman–Crippen LogP) is 5.31. The molecule has 9 heteroatoms. The fourth-order valence-corrected chi connectivity index (χ4v) is 5.48. The molecule has 2 amide bonds. The molecule has 0 aliphatic carbocycles. The molecule has 0 radical (unpaired) electrons. The van der Waals surface area contributed by atoms with Crippen molar-refractivity contribution >= 4 is 35.0 Å². The zero-order chi connectivity index (χ0) is 25.3. The number of thioether (sulfide) groups is 1. The van der Waals surface area contributed by atoms with Crippen LogP contribution < -0.4 is 9.80 Å². The van der Waals surface area contributed by atoms with E-state index in [1.165, 1.54) is 17.8 Å². The van der Waals surface area contributed by atoms with Gasteiger partial charge in [-0.2, -0.15) is 13.2 Å². The number of anilines is 2. The SMILES string of the molecule is O=C(c1cccc(CN2C(=O)CSc3ccccc32)c1)N1CCN(c2cccc(C(F)(F)F)c2)CC1. The van der Waals surface area contributed by atoms with Crippen molar-refractivity contribution < 1.29 is 22.8 Å². The molecule has 0 saturated carbocycles. The third-order valence-corrected chi connectivity index (χ3v) is 7.48. The van der Waals surface area contributed by atoms with E-state index in [2.05, 4.69) is 0 Å². The van der Waals surface area contributed by atoms with Crippen LogP contribution in [0.25, 0.3) is 0 Å². The van der Waals surface area contributed by atoms with Crippen molar-refractivity contribution in [3.8, 4) is 0 Å². The number of nitrogens with zero attached hydrogens (tertiary/aromatic N) is 3. The molecular weight excluding hydrogens is 487 g/mol. The smallest absolute Gasteiger partial charge is 0.368 e. The zero-order valence-corrected chi connectivity index (χ0v) is 20.2. The quantitative estimate of drug-likeness (QED) is 0.477. The molecule has 0 N–H and O–H groups in total. The number of fused-ring (bicyclic) bond motifs is 1. The number of piperazine rings is 1. The summed E-state index contributed by atoms with van der Waals surface area (Å²) in [5, 5.41) is 0. The van der Waals surface area contributed by atoms with Crippen molar-refractivity contribution in [1.82, 2.24) is 4.90 Å². The average molecular weight is 512 g/mol. The van der Waals surface area contributed by atoms with Crippen molar-refractivity contribution in [3.63, 3.8) is 0 Å². The normalized spacial score (nSPS) is 16.2. The van der Waals surface area contributed by atoms with Gasteiger partial charge in [0.25, 0.3) is 5.91 Å². The summed E-state index contributed by atoms with van der Waals surface area (Å²) < 4.78 is 39.2. The van der Waals surface area contributed by atoms with Crippen LogP contribution in [0.1, 0.15) is 21.5 Å². The maximum Gasteiger partial charge on any atom is 0.416 e. The predicted molar refractivity (Wildman–Crippen MR) is 134 cm³/mol. The van der Waals surface area contributed by atoms with Crippen molar-refractivity contribution in [3.05, 3.63) is 89.5 Å². The first kappa shape index (κ1) is 24.2. The van der Waals surface area contributed by atoms with E-state index in [-0.39, 0.29) is 11.8 Å². The number of benzene rings is 3. The lowest BCUT2D eigenvalue weighted by Crippen LogP contribution is -2.48. The van der Waals surface area contributed by atoms with Gasteiger partial charge in [-0.1, -0.05) is 30.3 Å². The highest BCUT2D eigenvalue weighted by atomic mass is 32.2. The Hall–Kier alpha value is -3.46. The monoisotopic (exact) mass is 511 g/mol. The molecule has 3 aromatic rings. The standard InChI is InChI=1S/C27H24F3N3O2S/c28-27(29,30)21-7-4-8-22(16-21)31-11-13-32(14-12-31)26(35)20-6-3-5-19(15-20)17-33-23-9-1-2-10-24(23)36-18-25(33)34/h1-10,15-16H,11-14,17-18H2. The third-order valence-electron chi connectivity index (χ3n) is 6.43. The molecule has 5 nitrogen and oxygen atoms in total. The fourth-order valence-electron chi connectivity index (χ4n) is 4.54. The second kappa shape index (κ2) is 9.89. The summed E-state index contributed by atoms with van der Waals surface area (Å²) in [5.41, 5.74) is 2.10. The highest BCUT2D eigenvalue weighted by Gasteiger charge is 2.31. The number of hydrogen-bond acceptors (Lipinski definition) is 4. The molecule has 0 atom stereocenters. The molecule has 2 heterocycles. The van der Waals surface area contributed by atoms with Crippen LogP contribution in [0.3, 0.4) is 0 Å². The molecule has 2 aliphatic heterocycles. The number of amides is 2. The van der Waals surface area contributed by atoms with Gasteiger partial charge in [-0.3, -0.25) is 9.59 Å². The minimum absolute atomic E-state index is 0.0288. The van der Waals surface area contributed by atoms with Gasteiger partial charge in [0.05, 0.1) is 23.5 Å². The second-order valence-corrected chi connectivity index (χ2v) is 9.78. The number of halogens is 3. The van der Waals surface area contributed by atoms with Crippen LogP contribution >= 0.6 is 11.8 Å². The minimum atomic E-state index is -4.39. The van der Waals surface area contributed by atoms with Gasteiger partial charge in [0.2, 0.25) is 5.91 Å². The fraction of sp³-hybridized carbons (Fsp3) is 0.259. The van der Waals surface area contributed by atoms with Gasteiger partial charge in [-0.25, -0.2) is 0 Å². The first-order valence-electron chi connectivity index (χ1n) is 11.6. The summed E-state index contributed by atoms with van der Waals surface area (Å²) in [7, 11) is 0. The Morgan fingerprint density at radius 1 is 0.889 bits per heavy atom. The van der Waals surface area contributed by atoms with E-state index in [4.69, 9.17) is 0 Å². The Balaban J connectivity index is 1.25. The largest absolute Gasteiger partial charge is 0.416 e. The highest BCUT2D eigenvalue weighted by Crippen LogP contribution is 2.36. The number of rotatable bonds is 4. The number of alkyl halides is 3. The van der Waals surface area contributed by atoms with E-state index in [9.17, 15) is 22.8 Å². The number of hydrogen-bond donors (Lipinski definition) is 0. The van der Waals surface area contributed by atoms with E-state index >= 15 is 0 Å². The van der Waals surface area contributed by atoms with E-state index in [0.717, 1.165) is 28.3 Å². The Labute approximate surface area is 211 Å². The first-order valence-corrected chi connectivity index (χ1v) is 12.6. The maximum absolute atomic E-state index is 13.2. The van der Waals surface area contributed by atoms with Gasteiger partial charge in [-0.15, -0.1) is 11.8 Å². The number of carbonyl (C=O) groups is 2. The maximum atomic E-state index is 13.2. The van der Waals surface area contributed by atoms with Crippen molar-refractivity contribution in [2.75, 3.05) is 41.7 Å². The molecule has 0 unspecified atom stereocenters. The van der Waals surface area contributed by atoms with Gasteiger partial charge < -0.3 is 14.7 Å². The van der Waals surface area contributed by atoms with Crippen LogP contribution in [0.2, 0.25) is 0 Å². The average Bonchev–Trinajstić information content (AvgIpc) is 2.90. The highest BCUT2D eigenvalue weighted by molar-refractivity contribution is 8.00. The van der Waals surface area contributed by atoms with Crippen LogP contribution in [0.15, 0.2) is 77.7 Å². The molecular formula is C27H24F3N3O2S. The number of para-hydroxylation sites is 1.